The molecule has 0 N–H and O–H groups in total. The maximum absolute atomic E-state index is 2.37. The Labute approximate surface area is 59.7 Å². The first-order valence-electron chi connectivity index (χ1n) is 3.79. The fourth-order valence-electron chi connectivity index (χ4n) is 1.74. The lowest BCUT2D eigenvalue weighted by Crippen LogP contribution is -2.09. The number of hydrogen-bond acceptors (Lipinski definition) is 0. The molecular weight excluding hydrogens is 108 g/mol. The van der Waals surface area contributed by atoms with E-state index in [0.717, 1.165) is 11.8 Å². The maximum Gasteiger partial charge on any atom is -0.0440 e. The Morgan fingerprint density at radius 2 is 1.44 bits per heavy atom. The molecule has 0 aromatic heterocycles. The van der Waals surface area contributed by atoms with Crippen LogP contribution in [0, 0.1) is 11.8 Å². The average molecular weight is 128 g/mol. The van der Waals surface area contributed by atoms with Crippen LogP contribution in [0.5, 0.6) is 0 Å². The van der Waals surface area contributed by atoms with Gasteiger partial charge in [0.2, 0.25) is 0 Å². The van der Waals surface area contributed by atoms with Crippen molar-refractivity contribution in [2.45, 2.75) is 47.0 Å². The second-order valence-corrected chi connectivity index (χ2v) is 3.38. The summed E-state index contributed by atoms with van der Waals surface area (Å²) in [6.07, 6.45) is 5.90. The van der Waals surface area contributed by atoms with Crippen LogP contribution in [0.3, 0.4) is 0 Å². The van der Waals surface area contributed by atoms with Crippen LogP contribution in [0.25, 0.3) is 0 Å². The summed E-state index contributed by atoms with van der Waals surface area (Å²) >= 11 is 0. The zero-order valence-electron chi connectivity index (χ0n) is 5.98. The van der Waals surface area contributed by atoms with Crippen molar-refractivity contribution in [2.75, 3.05) is 0 Å². The standard InChI is InChI=1S/C8H16.CH4/c1-7-4-3-5-8(2)6-7;/h7-8H,3-6H2,1-2H3;1H4/t7-,8+;. The van der Waals surface area contributed by atoms with Gasteiger partial charge < -0.3 is 0 Å². The van der Waals surface area contributed by atoms with Crippen LogP contribution in [0.2, 0.25) is 0 Å². The molecule has 0 aromatic rings. The summed E-state index contributed by atoms with van der Waals surface area (Å²) in [5.41, 5.74) is 0. The summed E-state index contributed by atoms with van der Waals surface area (Å²) in [5.74, 6) is 2.03. The van der Waals surface area contributed by atoms with Gasteiger partial charge in [0, 0.05) is 0 Å². The van der Waals surface area contributed by atoms with E-state index in [4.69, 9.17) is 0 Å². The van der Waals surface area contributed by atoms with Gasteiger partial charge in [-0.2, -0.15) is 0 Å². The van der Waals surface area contributed by atoms with Gasteiger partial charge in [0.15, 0.2) is 0 Å². The highest BCUT2D eigenvalue weighted by atomic mass is 14.2. The van der Waals surface area contributed by atoms with Crippen LogP contribution in [0.15, 0.2) is 0 Å². The second kappa shape index (κ2) is 3.92. The summed E-state index contributed by atoms with van der Waals surface area (Å²) in [5, 5.41) is 0. The fraction of sp³-hybridized carbons (Fsp3) is 1.00. The highest BCUT2D eigenvalue weighted by Gasteiger charge is 2.13. The Morgan fingerprint density at radius 1 is 1.00 bits per heavy atom. The van der Waals surface area contributed by atoms with Gasteiger partial charge in [-0.25, -0.2) is 0 Å². The normalized spacial score (nSPS) is 35.3. The Morgan fingerprint density at radius 3 is 1.67 bits per heavy atom. The molecule has 1 rings (SSSR count). The van der Waals surface area contributed by atoms with Crippen LogP contribution in [-0.2, 0) is 0 Å². The quantitative estimate of drug-likeness (QED) is 0.468. The molecule has 0 spiro atoms. The van der Waals surface area contributed by atoms with E-state index in [1.165, 1.54) is 25.7 Å². The van der Waals surface area contributed by atoms with Crippen molar-refractivity contribution in [3.63, 3.8) is 0 Å². The van der Waals surface area contributed by atoms with Gasteiger partial charge in [-0.3, -0.25) is 0 Å². The smallest absolute Gasteiger partial charge is 0.0440 e. The molecule has 1 fully saturated rings. The summed E-state index contributed by atoms with van der Waals surface area (Å²) < 4.78 is 0. The van der Waals surface area contributed by atoms with Gasteiger partial charge in [-0.1, -0.05) is 40.5 Å². The van der Waals surface area contributed by atoms with Crippen molar-refractivity contribution in [3.8, 4) is 0 Å². The van der Waals surface area contributed by atoms with E-state index in [1.807, 2.05) is 0 Å². The molecule has 1 aliphatic rings. The lowest BCUT2D eigenvalue weighted by Gasteiger charge is -2.22. The van der Waals surface area contributed by atoms with Gasteiger partial charge in [0.25, 0.3) is 0 Å². The second-order valence-electron chi connectivity index (χ2n) is 3.38. The minimum atomic E-state index is 0. The van der Waals surface area contributed by atoms with Gasteiger partial charge in [0.1, 0.15) is 0 Å². The highest BCUT2D eigenvalue weighted by Crippen LogP contribution is 2.27. The molecule has 9 heavy (non-hydrogen) atoms. The van der Waals surface area contributed by atoms with Crippen LogP contribution < -0.4 is 0 Å². The van der Waals surface area contributed by atoms with Crippen molar-refractivity contribution < 1.29 is 0 Å². The predicted molar refractivity (Wildman–Crippen MR) is 43.5 cm³/mol. The monoisotopic (exact) mass is 128 g/mol. The Kier molecular flexibility index (Phi) is 3.92. The van der Waals surface area contributed by atoms with Crippen LogP contribution in [-0.4, -0.2) is 0 Å². The molecule has 0 heteroatoms. The molecule has 0 amide bonds. The van der Waals surface area contributed by atoms with Gasteiger partial charge >= 0.3 is 0 Å². The van der Waals surface area contributed by atoms with Gasteiger partial charge in [-0.05, 0) is 18.3 Å². The molecule has 0 bridgehead atoms. The molecule has 2 atom stereocenters. The largest absolute Gasteiger partial charge is 0.0776 e. The maximum atomic E-state index is 2.37. The molecule has 0 aromatic carbocycles. The van der Waals surface area contributed by atoms with Crippen molar-refractivity contribution in [2.24, 2.45) is 11.8 Å². The van der Waals surface area contributed by atoms with E-state index in [-0.39, 0.29) is 7.43 Å². The molecule has 0 heterocycles. The van der Waals surface area contributed by atoms with Crippen LogP contribution in [0.1, 0.15) is 47.0 Å². The van der Waals surface area contributed by atoms with Crippen molar-refractivity contribution in [1.29, 1.82) is 0 Å². The van der Waals surface area contributed by atoms with Gasteiger partial charge in [0.05, 0.1) is 0 Å². The molecule has 0 aliphatic heterocycles. The van der Waals surface area contributed by atoms with E-state index in [9.17, 15) is 0 Å². The number of hydrogen-bond donors (Lipinski definition) is 0. The molecule has 0 radical (unpaired) electrons. The van der Waals surface area contributed by atoms with Gasteiger partial charge in [-0.15, -0.1) is 0 Å². The Balaban J connectivity index is 0.000000640. The van der Waals surface area contributed by atoms with Crippen LogP contribution >= 0.6 is 0 Å². The molecular formula is C9H20. The lowest BCUT2D eigenvalue weighted by molar-refractivity contribution is 0.301. The van der Waals surface area contributed by atoms with Crippen molar-refractivity contribution >= 4 is 0 Å². The van der Waals surface area contributed by atoms with E-state index < -0.39 is 0 Å². The third-order valence-corrected chi connectivity index (χ3v) is 2.20. The van der Waals surface area contributed by atoms with E-state index >= 15 is 0 Å². The fourth-order valence-corrected chi connectivity index (χ4v) is 1.74. The summed E-state index contributed by atoms with van der Waals surface area (Å²) in [7, 11) is 0. The minimum Gasteiger partial charge on any atom is -0.0776 e. The lowest BCUT2D eigenvalue weighted by atomic mass is 9.84. The topological polar surface area (TPSA) is 0 Å². The molecule has 1 aliphatic carbocycles. The number of rotatable bonds is 0. The summed E-state index contributed by atoms with van der Waals surface area (Å²) in [6.45, 7) is 4.74. The SMILES string of the molecule is C.C[C@@H]1CCC[C@H](C)C1. The van der Waals surface area contributed by atoms with Crippen molar-refractivity contribution in [3.05, 3.63) is 0 Å². The van der Waals surface area contributed by atoms with E-state index in [1.54, 1.807) is 0 Å². The zero-order chi connectivity index (χ0) is 5.98. The molecule has 0 nitrogen and oxygen atoms in total. The third-order valence-electron chi connectivity index (χ3n) is 2.20. The summed E-state index contributed by atoms with van der Waals surface area (Å²) in [4.78, 5) is 0. The molecule has 0 unspecified atom stereocenters. The molecule has 1 saturated carbocycles. The first kappa shape index (κ1) is 9.00. The third kappa shape index (κ3) is 2.88. The minimum absolute atomic E-state index is 0. The highest BCUT2D eigenvalue weighted by molar-refractivity contribution is 4.66. The first-order chi connectivity index (χ1) is 3.79. The Bertz CT molecular complexity index is 58.4. The van der Waals surface area contributed by atoms with E-state index in [0.29, 0.717) is 0 Å². The summed E-state index contributed by atoms with van der Waals surface area (Å²) in [6, 6.07) is 0. The van der Waals surface area contributed by atoms with E-state index in [2.05, 4.69) is 13.8 Å². The zero-order valence-corrected chi connectivity index (χ0v) is 5.98. The van der Waals surface area contributed by atoms with Crippen molar-refractivity contribution in [1.82, 2.24) is 0 Å². The molecule has 56 valence electrons. The average Bonchev–Trinajstić information content (AvgIpc) is 1.64. The van der Waals surface area contributed by atoms with Crippen LogP contribution in [0.4, 0.5) is 0 Å². The predicted octanol–water partition coefficient (Wildman–Crippen LogP) is 3.47. The molecule has 0 saturated heterocycles. The Hall–Kier alpha value is 0. The first-order valence-corrected chi connectivity index (χ1v) is 3.79.